The van der Waals surface area contributed by atoms with Crippen molar-refractivity contribution in [3.05, 3.63) is 29.8 Å². The number of nitrogens with zero attached hydrogens (tertiary/aromatic N) is 1. The first-order valence-corrected chi connectivity index (χ1v) is 20.6. The Morgan fingerprint density at radius 2 is 1.25 bits per heavy atom. The second-order valence-electron chi connectivity index (χ2n) is 14.6. The van der Waals surface area contributed by atoms with Gasteiger partial charge in [-0.3, -0.25) is 29.0 Å². The number of carbonyl (C=O) groups excluding carboxylic acids is 5. The van der Waals surface area contributed by atoms with Crippen LogP contribution in [0.5, 0.6) is 5.75 Å². The lowest BCUT2D eigenvalue weighted by Gasteiger charge is -2.29. The third-order valence-electron chi connectivity index (χ3n) is 9.47. The Balaban J connectivity index is 3.39. The van der Waals surface area contributed by atoms with Gasteiger partial charge in [0.1, 0.15) is 36.0 Å². The molecule has 0 unspecified atom stereocenters. The minimum Gasteiger partial charge on any atom is -0.508 e. The molecular formula is C38H65N9O8S. The number of nitrogens with two attached hydrogens (primary N) is 3. The van der Waals surface area contributed by atoms with Gasteiger partial charge in [0, 0.05) is 13.0 Å². The zero-order valence-corrected chi connectivity index (χ0v) is 34.6. The van der Waals surface area contributed by atoms with Crippen molar-refractivity contribution in [2.24, 2.45) is 39.9 Å². The van der Waals surface area contributed by atoms with Gasteiger partial charge in [-0.05, 0) is 73.1 Å². The fourth-order valence-corrected chi connectivity index (χ4v) is 6.11. The molecule has 5 amide bonds. The van der Waals surface area contributed by atoms with E-state index < -0.39 is 71.8 Å². The number of benzene rings is 1. The molecule has 0 fully saturated rings. The maximum Gasteiger partial charge on any atom is 0.326 e. The molecule has 316 valence electrons. The number of aromatic hydroxyl groups is 1. The SMILES string of the molecule is CC[C@H](C)[C@H](NC(=O)[C@H](CC(C)C)NC(=O)[C@H](CCSC)NC(=O)[C@H](Cc1ccc(O)cc1)NC(=O)[C@@H](NC(=O)[C@@H](N)CCCN=C(N)N)[C@@H](C)CC)C(=O)O. The number of carbonyl (C=O) groups is 6. The first kappa shape index (κ1) is 49.4. The largest absolute Gasteiger partial charge is 0.508 e. The van der Waals surface area contributed by atoms with Crippen molar-refractivity contribution < 1.29 is 39.0 Å². The highest BCUT2D eigenvalue weighted by Gasteiger charge is 2.35. The molecule has 1 aromatic carbocycles. The molecule has 1 aromatic rings. The topological polar surface area (TPSA) is 293 Å². The highest BCUT2D eigenvalue weighted by molar-refractivity contribution is 7.98. The predicted molar refractivity (Wildman–Crippen MR) is 218 cm³/mol. The smallest absolute Gasteiger partial charge is 0.326 e. The molecule has 0 saturated heterocycles. The van der Waals surface area contributed by atoms with E-state index in [1.165, 1.54) is 23.9 Å². The van der Waals surface area contributed by atoms with Crippen molar-refractivity contribution in [3.8, 4) is 5.75 Å². The van der Waals surface area contributed by atoms with Crippen LogP contribution in [0.2, 0.25) is 0 Å². The van der Waals surface area contributed by atoms with Crippen LogP contribution in [0.4, 0.5) is 0 Å². The Bertz CT molecular complexity index is 1460. The Hall–Kier alpha value is -4.58. The van der Waals surface area contributed by atoms with E-state index in [0.717, 1.165) is 0 Å². The summed E-state index contributed by atoms with van der Waals surface area (Å²) < 4.78 is 0. The number of guanidine groups is 1. The average Bonchev–Trinajstić information content (AvgIpc) is 3.14. The lowest BCUT2D eigenvalue weighted by molar-refractivity contribution is -0.144. The van der Waals surface area contributed by atoms with Crippen molar-refractivity contribution in [1.29, 1.82) is 0 Å². The van der Waals surface area contributed by atoms with Gasteiger partial charge < -0.3 is 54.0 Å². The number of thioether (sulfide) groups is 1. The lowest BCUT2D eigenvalue weighted by Crippen LogP contribution is -2.60. The average molecular weight is 808 g/mol. The number of rotatable bonds is 26. The molecule has 56 heavy (non-hydrogen) atoms. The maximum absolute atomic E-state index is 14.1. The van der Waals surface area contributed by atoms with Gasteiger partial charge in [-0.2, -0.15) is 11.8 Å². The summed E-state index contributed by atoms with van der Waals surface area (Å²) in [7, 11) is 0. The summed E-state index contributed by atoms with van der Waals surface area (Å²) in [5.41, 5.74) is 17.4. The van der Waals surface area contributed by atoms with Crippen LogP contribution < -0.4 is 43.8 Å². The number of hydrogen-bond donors (Lipinski definition) is 10. The third kappa shape index (κ3) is 17.9. The van der Waals surface area contributed by atoms with E-state index in [9.17, 15) is 39.0 Å². The molecule has 0 spiro atoms. The first-order chi connectivity index (χ1) is 26.3. The highest BCUT2D eigenvalue weighted by Crippen LogP contribution is 2.15. The fraction of sp³-hybridized carbons (Fsp3) is 0.658. The first-order valence-electron chi connectivity index (χ1n) is 19.2. The molecule has 18 heteroatoms. The molecule has 0 saturated carbocycles. The number of aliphatic carboxylic acids is 1. The number of nitrogens with one attached hydrogen (secondary N) is 5. The molecule has 0 aliphatic rings. The standard InChI is InChI=1S/C38H65N9O8S/c1-8-22(5)30(46-32(49)26(39)11-10-17-42-38(40)41)36(53)45-29(20-24-12-14-25(48)15-13-24)34(51)43-27(16-18-56-7)33(50)44-28(19-21(3)4)35(52)47-31(37(54)55)23(6)9-2/h12-15,21-23,26-31,48H,8-11,16-20,39H2,1-7H3,(H,43,51)(H,44,50)(H,45,53)(H,46,49)(H,47,52)(H,54,55)(H4,40,41,42)/t22-,23-,26-,27-,28-,29-,30-,31-/m0/s1. The number of carboxylic acids is 1. The summed E-state index contributed by atoms with van der Waals surface area (Å²) in [5.74, 6) is -4.82. The molecule has 0 bridgehead atoms. The third-order valence-corrected chi connectivity index (χ3v) is 10.1. The minimum absolute atomic E-state index is 0.000544. The second-order valence-corrected chi connectivity index (χ2v) is 15.6. The van der Waals surface area contributed by atoms with Crippen LogP contribution in [0.3, 0.4) is 0 Å². The van der Waals surface area contributed by atoms with E-state index in [4.69, 9.17) is 17.2 Å². The van der Waals surface area contributed by atoms with Crippen LogP contribution in [-0.4, -0.2) is 106 Å². The second kappa shape index (κ2) is 25.6. The maximum atomic E-state index is 14.1. The van der Waals surface area contributed by atoms with Crippen LogP contribution in [0.15, 0.2) is 29.3 Å². The van der Waals surface area contributed by atoms with Crippen molar-refractivity contribution in [3.63, 3.8) is 0 Å². The molecule has 17 nitrogen and oxygen atoms in total. The Labute approximate surface area is 334 Å². The normalized spacial score (nSPS) is 15.4. The zero-order valence-electron chi connectivity index (χ0n) is 33.8. The van der Waals surface area contributed by atoms with E-state index in [-0.39, 0.29) is 61.7 Å². The van der Waals surface area contributed by atoms with Gasteiger partial charge in [-0.15, -0.1) is 0 Å². The quantitative estimate of drug-likeness (QED) is 0.0352. The molecule has 0 aliphatic heterocycles. The van der Waals surface area contributed by atoms with Crippen LogP contribution >= 0.6 is 11.8 Å². The van der Waals surface area contributed by atoms with E-state index >= 15 is 0 Å². The van der Waals surface area contributed by atoms with Crippen LogP contribution in [0.1, 0.15) is 85.6 Å². The van der Waals surface area contributed by atoms with Gasteiger partial charge in [-0.1, -0.05) is 66.5 Å². The monoisotopic (exact) mass is 807 g/mol. The van der Waals surface area contributed by atoms with Gasteiger partial charge in [0.15, 0.2) is 5.96 Å². The summed E-state index contributed by atoms with van der Waals surface area (Å²) >= 11 is 1.44. The van der Waals surface area contributed by atoms with Gasteiger partial charge >= 0.3 is 5.97 Å². The van der Waals surface area contributed by atoms with Crippen molar-refractivity contribution in [2.45, 2.75) is 123 Å². The zero-order chi connectivity index (χ0) is 42.5. The molecule has 0 aliphatic carbocycles. The Kier molecular flexibility index (Phi) is 22.6. The van der Waals surface area contributed by atoms with Crippen molar-refractivity contribution in [2.75, 3.05) is 18.6 Å². The molecule has 0 heterocycles. The van der Waals surface area contributed by atoms with Crippen LogP contribution in [0, 0.1) is 17.8 Å². The number of hydrogen-bond acceptors (Lipinski definition) is 10. The summed E-state index contributed by atoms with van der Waals surface area (Å²) in [4.78, 5) is 84.2. The summed E-state index contributed by atoms with van der Waals surface area (Å²) in [6.07, 6.45) is 3.85. The van der Waals surface area contributed by atoms with E-state index in [0.29, 0.717) is 30.6 Å². The molecular weight excluding hydrogens is 743 g/mol. The number of carboxylic acid groups (broad SMARTS) is 1. The van der Waals surface area contributed by atoms with E-state index in [1.807, 2.05) is 34.0 Å². The van der Waals surface area contributed by atoms with Crippen molar-refractivity contribution >= 4 is 53.2 Å². The lowest BCUT2D eigenvalue weighted by atomic mass is 9.96. The van der Waals surface area contributed by atoms with Crippen LogP contribution in [0.25, 0.3) is 0 Å². The molecule has 8 atom stereocenters. The number of amides is 5. The minimum atomic E-state index is -1.24. The van der Waals surface area contributed by atoms with Crippen molar-refractivity contribution in [1.82, 2.24) is 26.6 Å². The predicted octanol–water partition coefficient (Wildman–Crippen LogP) is 0.716. The molecule has 1 rings (SSSR count). The highest BCUT2D eigenvalue weighted by atomic mass is 32.2. The van der Waals surface area contributed by atoms with Gasteiger partial charge in [0.05, 0.1) is 6.04 Å². The van der Waals surface area contributed by atoms with Gasteiger partial charge in [0.2, 0.25) is 29.5 Å². The summed E-state index contributed by atoms with van der Waals surface area (Å²) in [6.45, 7) is 11.1. The number of phenolic OH excluding ortho intramolecular Hbond substituents is 1. The summed E-state index contributed by atoms with van der Waals surface area (Å²) in [6, 6.07) is -0.593. The Morgan fingerprint density at radius 1 is 0.732 bits per heavy atom. The van der Waals surface area contributed by atoms with Crippen LogP contribution in [-0.2, 0) is 35.2 Å². The van der Waals surface area contributed by atoms with E-state index in [1.54, 1.807) is 26.0 Å². The van der Waals surface area contributed by atoms with E-state index in [2.05, 4.69) is 31.6 Å². The summed E-state index contributed by atoms with van der Waals surface area (Å²) in [5, 5.41) is 33.2. The van der Waals surface area contributed by atoms with Gasteiger partial charge in [0.25, 0.3) is 0 Å². The number of phenols is 1. The fourth-order valence-electron chi connectivity index (χ4n) is 5.64. The number of aliphatic imine (C=N–C) groups is 1. The molecule has 0 radical (unpaired) electrons. The molecule has 13 N–H and O–H groups in total. The Morgan fingerprint density at radius 3 is 1.79 bits per heavy atom. The van der Waals surface area contributed by atoms with Gasteiger partial charge in [-0.25, -0.2) is 4.79 Å². The molecule has 0 aromatic heterocycles.